The molecule has 1 amide bonds. The number of nitrogens with zero attached hydrogens (tertiary/aromatic N) is 3. The second-order valence-electron chi connectivity index (χ2n) is 9.28. The van der Waals surface area contributed by atoms with Gasteiger partial charge in [0.15, 0.2) is 6.61 Å². The van der Waals surface area contributed by atoms with E-state index in [2.05, 4.69) is 22.9 Å². The molecule has 0 spiro atoms. The lowest BCUT2D eigenvalue weighted by atomic mass is 10.1. The van der Waals surface area contributed by atoms with Crippen molar-refractivity contribution in [3.8, 4) is 11.4 Å². The molecule has 0 saturated heterocycles. The number of rotatable bonds is 12. The molecule has 0 aliphatic heterocycles. The van der Waals surface area contributed by atoms with E-state index in [9.17, 15) is 9.59 Å². The summed E-state index contributed by atoms with van der Waals surface area (Å²) in [4.78, 5) is 34.4. The SMILES string of the molecule is CCCCCCN(C(=O)COc1ccccc1)C(CC)c1nc2ccccc2c(=O)n1-c1ccc(Br)cc1. The van der Waals surface area contributed by atoms with E-state index in [1.807, 2.05) is 84.6 Å². The third-order valence-electron chi connectivity index (χ3n) is 6.63. The second-order valence-corrected chi connectivity index (χ2v) is 10.2. The van der Waals surface area contributed by atoms with Crippen LogP contribution in [0.3, 0.4) is 0 Å². The zero-order valence-electron chi connectivity index (χ0n) is 22.0. The number of aromatic nitrogens is 2. The monoisotopic (exact) mass is 575 g/mol. The highest BCUT2D eigenvalue weighted by Crippen LogP contribution is 2.27. The molecular weight excluding hydrogens is 542 g/mol. The van der Waals surface area contributed by atoms with E-state index in [1.165, 1.54) is 0 Å². The summed E-state index contributed by atoms with van der Waals surface area (Å²) in [7, 11) is 0. The van der Waals surface area contributed by atoms with E-state index in [0.29, 0.717) is 41.1 Å². The lowest BCUT2D eigenvalue weighted by molar-refractivity contribution is -0.136. The molecular formula is C31H34BrN3O3. The van der Waals surface area contributed by atoms with Crippen molar-refractivity contribution in [3.63, 3.8) is 0 Å². The Bertz CT molecular complexity index is 1400. The van der Waals surface area contributed by atoms with Crippen molar-refractivity contribution in [2.24, 2.45) is 0 Å². The van der Waals surface area contributed by atoms with Crippen molar-refractivity contribution in [2.45, 2.75) is 52.0 Å². The Balaban J connectivity index is 1.78. The van der Waals surface area contributed by atoms with Crippen LogP contribution in [0.4, 0.5) is 0 Å². The van der Waals surface area contributed by atoms with Gasteiger partial charge in [0.05, 0.1) is 22.6 Å². The minimum absolute atomic E-state index is 0.0790. The molecule has 0 radical (unpaired) electrons. The molecule has 0 bridgehead atoms. The van der Waals surface area contributed by atoms with Gasteiger partial charge in [-0.05, 0) is 61.4 Å². The summed E-state index contributed by atoms with van der Waals surface area (Å²) in [6, 6.07) is 23.9. The van der Waals surface area contributed by atoms with E-state index >= 15 is 0 Å². The fraction of sp³-hybridized carbons (Fsp3) is 0.323. The molecule has 6 nitrogen and oxygen atoms in total. The molecule has 0 aliphatic rings. The van der Waals surface area contributed by atoms with Crippen LogP contribution in [0, 0.1) is 0 Å². The van der Waals surface area contributed by atoms with E-state index in [0.717, 1.165) is 30.2 Å². The topological polar surface area (TPSA) is 64.4 Å². The largest absolute Gasteiger partial charge is 0.484 e. The number of unbranched alkanes of at least 4 members (excludes halogenated alkanes) is 3. The van der Waals surface area contributed by atoms with Crippen LogP contribution in [0.15, 0.2) is 88.1 Å². The first-order chi connectivity index (χ1) is 18.5. The van der Waals surface area contributed by atoms with Crippen molar-refractivity contribution < 1.29 is 9.53 Å². The maximum absolute atomic E-state index is 13.8. The van der Waals surface area contributed by atoms with Crippen LogP contribution < -0.4 is 10.3 Å². The van der Waals surface area contributed by atoms with Gasteiger partial charge in [0.2, 0.25) is 0 Å². The molecule has 4 rings (SSSR count). The normalized spacial score (nSPS) is 11.9. The van der Waals surface area contributed by atoms with Gasteiger partial charge in [0.25, 0.3) is 11.5 Å². The number of ether oxygens (including phenoxy) is 1. The first-order valence-electron chi connectivity index (χ1n) is 13.3. The van der Waals surface area contributed by atoms with Crippen LogP contribution in [0.2, 0.25) is 0 Å². The van der Waals surface area contributed by atoms with Crippen LogP contribution in [0.5, 0.6) is 5.75 Å². The number of fused-ring (bicyclic) bond motifs is 1. The van der Waals surface area contributed by atoms with Gasteiger partial charge < -0.3 is 9.64 Å². The van der Waals surface area contributed by atoms with Gasteiger partial charge in [-0.25, -0.2) is 4.98 Å². The minimum Gasteiger partial charge on any atom is -0.484 e. The summed E-state index contributed by atoms with van der Waals surface area (Å²) in [6.45, 7) is 4.69. The third kappa shape index (κ3) is 6.51. The van der Waals surface area contributed by atoms with E-state index in [-0.39, 0.29) is 18.1 Å². The molecule has 1 atom stereocenters. The summed E-state index contributed by atoms with van der Waals surface area (Å²) in [6.07, 6.45) is 4.72. The Kier molecular flexibility index (Phi) is 9.71. The Morgan fingerprint density at radius 3 is 2.37 bits per heavy atom. The molecule has 4 aromatic rings. The Labute approximate surface area is 232 Å². The average Bonchev–Trinajstić information content (AvgIpc) is 2.95. The van der Waals surface area contributed by atoms with Gasteiger partial charge in [0, 0.05) is 11.0 Å². The summed E-state index contributed by atoms with van der Waals surface area (Å²) >= 11 is 3.49. The fourth-order valence-electron chi connectivity index (χ4n) is 4.66. The summed E-state index contributed by atoms with van der Waals surface area (Å²) < 4.78 is 8.42. The molecule has 3 aromatic carbocycles. The highest BCUT2D eigenvalue weighted by atomic mass is 79.9. The maximum Gasteiger partial charge on any atom is 0.266 e. The number of hydrogen-bond donors (Lipinski definition) is 0. The van der Waals surface area contributed by atoms with Crippen LogP contribution in [0.25, 0.3) is 16.6 Å². The molecule has 0 saturated carbocycles. The molecule has 1 unspecified atom stereocenters. The van der Waals surface area contributed by atoms with Gasteiger partial charge in [-0.3, -0.25) is 14.2 Å². The summed E-state index contributed by atoms with van der Waals surface area (Å²) in [5, 5.41) is 0.544. The molecule has 0 N–H and O–H groups in total. The van der Waals surface area contributed by atoms with Crippen LogP contribution in [-0.4, -0.2) is 33.5 Å². The van der Waals surface area contributed by atoms with E-state index < -0.39 is 6.04 Å². The zero-order chi connectivity index (χ0) is 26.9. The average molecular weight is 577 g/mol. The van der Waals surface area contributed by atoms with Crippen molar-refractivity contribution in [1.82, 2.24) is 14.5 Å². The number of carbonyl (C=O) groups excluding carboxylic acids is 1. The van der Waals surface area contributed by atoms with Crippen molar-refractivity contribution in [1.29, 1.82) is 0 Å². The molecule has 0 fully saturated rings. The number of hydrogen-bond acceptors (Lipinski definition) is 4. The number of carbonyl (C=O) groups is 1. The Morgan fingerprint density at radius 1 is 0.947 bits per heavy atom. The molecule has 198 valence electrons. The highest BCUT2D eigenvalue weighted by Gasteiger charge is 2.29. The minimum atomic E-state index is -0.399. The molecule has 38 heavy (non-hydrogen) atoms. The first-order valence-corrected chi connectivity index (χ1v) is 14.1. The smallest absolute Gasteiger partial charge is 0.266 e. The lowest BCUT2D eigenvalue weighted by Gasteiger charge is -2.32. The van der Waals surface area contributed by atoms with Crippen LogP contribution in [-0.2, 0) is 4.79 Å². The Morgan fingerprint density at radius 2 is 1.66 bits per heavy atom. The predicted molar refractivity (Wildman–Crippen MR) is 156 cm³/mol. The van der Waals surface area contributed by atoms with Crippen molar-refractivity contribution in [3.05, 3.63) is 99.5 Å². The molecule has 7 heteroatoms. The number of para-hydroxylation sites is 2. The van der Waals surface area contributed by atoms with E-state index in [4.69, 9.17) is 9.72 Å². The van der Waals surface area contributed by atoms with Crippen LogP contribution in [0.1, 0.15) is 57.8 Å². The highest BCUT2D eigenvalue weighted by molar-refractivity contribution is 9.10. The van der Waals surface area contributed by atoms with E-state index in [1.54, 1.807) is 10.6 Å². The Hall–Kier alpha value is -3.45. The third-order valence-corrected chi connectivity index (χ3v) is 7.15. The van der Waals surface area contributed by atoms with Gasteiger partial charge >= 0.3 is 0 Å². The van der Waals surface area contributed by atoms with Gasteiger partial charge in [-0.2, -0.15) is 0 Å². The van der Waals surface area contributed by atoms with Crippen LogP contribution >= 0.6 is 15.9 Å². The lowest BCUT2D eigenvalue weighted by Crippen LogP contribution is -2.41. The second kappa shape index (κ2) is 13.4. The summed E-state index contributed by atoms with van der Waals surface area (Å²) in [5.74, 6) is 1.08. The van der Waals surface area contributed by atoms with Gasteiger partial charge in [-0.15, -0.1) is 0 Å². The fourth-order valence-corrected chi connectivity index (χ4v) is 4.93. The zero-order valence-corrected chi connectivity index (χ0v) is 23.6. The standard InChI is InChI=1S/C31H34BrN3O3/c1-3-5-6-12-21-34(29(36)22-38-25-13-8-7-9-14-25)28(4-2)30-33-27-16-11-10-15-26(27)31(37)35(30)24-19-17-23(32)18-20-24/h7-11,13-20,28H,3-6,12,21-22H2,1-2H3. The van der Waals surface area contributed by atoms with Crippen molar-refractivity contribution in [2.75, 3.05) is 13.2 Å². The summed E-state index contributed by atoms with van der Waals surface area (Å²) in [5.41, 5.74) is 1.19. The quantitative estimate of drug-likeness (QED) is 0.169. The first kappa shape index (κ1) is 27.6. The molecule has 0 aliphatic carbocycles. The number of halogens is 1. The maximum atomic E-state index is 13.8. The van der Waals surface area contributed by atoms with Gasteiger partial charge in [-0.1, -0.05) is 79.4 Å². The predicted octanol–water partition coefficient (Wildman–Crippen LogP) is 7.09. The number of benzene rings is 3. The van der Waals surface area contributed by atoms with Crippen molar-refractivity contribution >= 4 is 32.7 Å². The molecule has 1 heterocycles. The molecule has 1 aromatic heterocycles. The number of amides is 1. The van der Waals surface area contributed by atoms with Gasteiger partial charge in [0.1, 0.15) is 11.6 Å².